The maximum Gasteiger partial charge on any atom is 0.113 e. The van der Waals surface area contributed by atoms with Crippen molar-refractivity contribution in [3.63, 3.8) is 0 Å². The van der Waals surface area contributed by atoms with E-state index in [0.29, 0.717) is 47.5 Å². The molecule has 0 aromatic heterocycles. The van der Waals surface area contributed by atoms with E-state index in [2.05, 4.69) is 172 Å². The fourth-order valence-corrected chi connectivity index (χ4v) is 9.31. The molecule has 49 heavy (non-hydrogen) atoms. The zero-order chi connectivity index (χ0) is 39.4. The number of hydrogen-bond donors (Lipinski definition) is 0. The van der Waals surface area contributed by atoms with E-state index in [0.717, 1.165) is 12.8 Å². The number of hydrogen-bond acceptors (Lipinski definition) is 2. The van der Waals surface area contributed by atoms with E-state index in [1.807, 2.05) is 0 Å². The van der Waals surface area contributed by atoms with Crippen molar-refractivity contribution >= 4 is 7.85 Å². The zero-order valence-corrected chi connectivity index (χ0v) is 38.1. The molecule has 0 aromatic rings. The molecule has 0 aliphatic carbocycles. The Morgan fingerprint density at radius 1 is 0.551 bits per heavy atom. The van der Waals surface area contributed by atoms with E-state index in [1.54, 1.807) is 0 Å². The first-order valence-corrected chi connectivity index (χ1v) is 20.3. The third-order valence-electron chi connectivity index (χ3n) is 13.1. The molecule has 0 spiro atoms. The summed E-state index contributed by atoms with van der Waals surface area (Å²) in [6.45, 7) is 56.9. The van der Waals surface area contributed by atoms with Crippen LogP contribution in [0.5, 0.6) is 0 Å². The monoisotopic (exact) mass is 687 g/mol. The standard InChI is InChI=1S/C46H91BO2/c1-31(2)25-41(14,15)36(8)33(5)27-44(20,21)48-30-39(43(18,19)29-35(7)40(11,12)13)38(10)46(24,47)49-45(22,23)28-34(6)37(9)42(16,17)26-32(3)4/h29,31-34,36-39H,25-28,30H2,1-24H3/b35-29+. The molecule has 0 bridgehead atoms. The lowest BCUT2D eigenvalue weighted by Gasteiger charge is -2.49. The fourth-order valence-electron chi connectivity index (χ4n) is 9.31. The second-order valence-corrected chi connectivity index (χ2v) is 22.5. The van der Waals surface area contributed by atoms with Crippen molar-refractivity contribution in [2.75, 3.05) is 6.61 Å². The molecular weight excluding hydrogens is 595 g/mol. The second kappa shape index (κ2) is 17.7. The van der Waals surface area contributed by atoms with Crippen molar-refractivity contribution in [1.82, 2.24) is 0 Å². The first kappa shape index (κ1) is 48.7. The Morgan fingerprint density at radius 2 is 0.918 bits per heavy atom. The van der Waals surface area contributed by atoms with Crippen molar-refractivity contribution in [3.05, 3.63) is 11.6 Å². The summed E-state index contributed by atoms with van der Waals surface area (Å²) in [7, 11) is 7.31. The van der Waals surface area contributed by atoms with Crippen molar-refractivity contribution in [3.8, 4) is 0 Å². The first-order valence-electron chi connectivity index (χ1n) is 20.3. The minimum Gasteiger partial charge on any atom is -0.379 e. The molecule has 0 aliphatic heterocycles. The zero-order valence-electron chi connectivity index (χ0n) is 38.1. The largest absolute Gasteiger partial charge is 0.379 e. The predicted molar refractivity (Wildman–Crippen MR) is 221 cm³/mol. The van der Waals surface area contributed by atoms with Gasteiger partial charge in [-0.25, -0.2) is 0 Å². The number of rotatable bonds is 21. The lowest BCUT2D eigenvalue weighted by Crippen LogP contribution is -2.51. The summed E-state index contributed by atoms with van der Waals surface area (Å²) in [5.74, 6) is 3.83. The van der Waals surface area contributed by atoms with Crippen LogP contribution in [-0.2, 0) is 9.47 Å². The summed E-state index contributed by atoms with van der Waals surface area (Å²) in [5.41, 5.74) is 0.471. The highest BCUT2D eigenvalue weighted by atomic mass is 16.5. The average molecular weight is 687 g/mol. The molecule has 3 heteroatoms. The van der Waals surface area contributed by atoms with Crippen molar-refractivity contribution < 1.29 is 9.47 Å². The molecule has 0 fully saturated rings. The molecule has 2 nitrogen and oxygen atoms in total. The van der Waals surface area contributed by atoms with Gasteiger partial charge in [0.05, 0.1) is 17.8 Å². The molecular formula is C46H91BO2. The molecule has 0 saturated carbocycles. The average Bonchev–Trinajstić information content (AvgIpc) is 2.83. The second-order valence-electron chi connectivity index (χ2n) is 22.5. The van der Waals surface area contributed by atoms with Gasteiger partial charge < -0.3 is 9.47 Å². The first-order chi connectivity index (χ1) is 21.5. The quantitative estimate of drug-likeness (QED) is 0.0884. The van der Waals surface area contributed by atoms with Gasteiger partial charge in [-0.3, -0.25) is 0 Å². The Kier molecular flexibility index (Phi) is 17.6. The molecule has 0 amide bonds. The van der Waals surface area contributed by atoms with Crippen molar-refractivity contribution in [1.29, 1.82) is 0 Å². The van der Waals surface area contributed by atoms with E-state index in [1.165, 1.54) is 18.4 Å². The van der Waals surface area contributed by atoms with E-state index in [-0.39, 0.29) is 39.3 Å². The van der Waals surface area contributed by atoms with Crippen LogP contribution in [0.4, 0.5) is 0 Å². The van der Waals surface area contributed by atoms with Gasteiger partial charge in [0.25, 0.3) is 0 Å². The molecule has 7 unspecified atom stereocenters. The fraction of sp³-hybridized carbons (Fsp3) is 0.957. The third-order valence-corrected chi connectivity index (χ3v) is 13.1. The topological polar surface area (TPSA) is 18.5 Å². The maximum atomic E-state index is 7.31. The summed E-state index contributed by atoms with van der Waals surface area (Å²) in [5, 5.41) is 0. The summed E-state index contributed by atoms with van der Waals surface area (Å²) in [4.78, 5) is 0. The number of ether oxygens (including phenoxy) is 2. The van der Waals surface area contributed by atoms with Gasteiger partial charge in [-0.05, 0) is 136 Å². The van der Waals surface area contributed by atoms with Gasteiger partial charge in [0, 0.05) is 5.50 Å². The Labute approximate surface area is 312 Å². The highest BCUT2D eigenvalue weighted by Crippen LogP contribution is 2.46. The third kappa shape index (κ3) is 16.1. The predicted octanol–water partition coefficient (Wildman–Crippen LogP) is 14.2. The van der Waals surface area contributed by atoms with Gasteiger partial charge in [-0.2, -0.15) is 0 Å². The molecule has 0 saturated heterocycles. The van der Waals surface area contributed by atoms with Crippen LogP contribution in [0.1, 0.15) is 192 Å². The Morgan fingerprint density at radius 3 is 1.27 bits per heavy atom. The summed E-state index contributed by atoms with van der Waals surface area (Å²) < 4.78 is 14.1. The Hall–Kier alpha value is -0.275. The van der Waals surface area contributed by atoms with Crippen LogP contribution < -0.4 is 0 Å². The molecule has 0 heterocycles. The van der Waals surface area contributed by atoms with Gasteiger partial charge in [-0.15, -0.1) is 0 Å². The van der Waals surface area contributed by atoms with Gasteiger partial charge >= 0.3 is 0 Å². The molecule has 290 valence electrons. The van der Waals surface area contributed by atoms with Crippen LogP contribution in [0.25, 0.3) is 0 Å². The Balaban J connectivity index is 6.37. The highest BCUT2D eigenvalue weighted by Gasteiger charge is 2.45. The van der Waals surface area contributed by atoms with Gasteiger partial charge in [0.1, 0.15) is 7.85 Å². The molecule has 0 aromatic carbocycles. The maximum absolute atomic E-state index is 7.31. The van der Waals surface area contributed by atoms with Gasteiger partial charge in [0.15, 0.2) is 0 Å². The molecule has 0 aliphatic rings. The smallest absolute Gasteiger partial charge is 0.113 e. The van der Waals surface area contributed by atoms with E-state index in [9.17, 15) is 0 Å². The van der Waals surface area contributed by atoms with Crippen LogP contribution in [0.2, 0.25) is 0 Å². The van der Waals surface area contributed by atoms with E-state index < -0.39 is 5.50 Å². The van der Waals surface area contributed by atoms with Crippen LogP contribution in [-0.4, -0.2) is 31.2 Å². The molecule has 2 radical (unpaired) electrons. The van der Waals surface area contributed by atoms with Gasteiger partial charge in [-0.1, -0.05) is 136 Å². The highest BCUT2D eigenvalue weighted by molar-refractivity contribution is 6.14. The molecule has 0 rings (SSSR count). The minimum absolute atomic E-state index is 0.0491. The lowest BCUT2D eigenvalue weighted by molar-refractivity contribution is -0.152. The van der Waals surface area contributed by atoms with E-state index in [4.69, 9.17) is 17.3 Å². The van der Waals surface area contributed by atoms with Crippen LogP contribution in [0, 0.1) is 69.0 Å². The molecule has 0 N–H and O–H groups in total. The van der Waals surface area contributed by atoms with Crippen molar-refractivity contribution in [2.45, 2.75) is 209 Å². The molecule has 7 atom stereocenters. The SMILES string of the molecule is [B]C(C)(OC(C)(C)CC(C)C(C)C(C)(C)CC(C)C)C(C)C(COC(C)(C)CC(C)C(C)C(C)(C)CC(C)C)C(C)(C)/C=C(\C)C(C)(C)C. The summed E-state index contributed by atoms with van der Waals surface area (Å²) in [6, 6.07) is 0. The van der Waals surface area contributed by atoms with Gasteiger partial charge in [0.2, 0.25) is 0 Å². The van der Waals surface area contributed by atoms with Crippen LogP contribution in [0.15, 0.2) is 11.6 Å². The Bertz CT molecular complexity index is 1000. The van der Waals surface area contributed by atoms with E-state index >= 15 is 0 Å². The number of allylic oxidation sites excluding steroid dienone is 2. The lowest BCUT2D eigenvalue weighted by atomic mass is 9.60. The minimum atomic E-state index is -0.832. The van der Waals surface area contributed by atoms with Crippen LogP contribution >= 0.6 is 0 Å². The van der Waals surface area contributed by atoms with Crippen molar-refractivity contribution in [2.24, 2.45) is 69.0 Å². The normalized spacial score (nSPS) is 19.8. The summed E-state index contributed by atoms with van der Waals surface area (Å²) >= 11 is 0. The summed E-state index contributed by atoms with van der Waals surface area (Å²) in [6.07, 6.45) is 6.96. The van der Waals surface area contributed by atoms with Crippen LogP contribution in [0.3, 0.4) is 0 Å².